The molecule has 1 unspecified atom stereocenters. The molecule has 4 nitrogen and oxygen atoms in total. The molecule has 0 bridgehead atoms. The molecule has 1 aliphatic rings. The van der Waals surface area contributed by atoms with Crippen molar-refractivity contribution in [3.63, 3.8) is 0 Å². The van der Waals surface area contributed by atoms with Gasteiger partial charge in [0.1, 0.15) is 6.61 Å². The normalized spacial score (nSPS) is 19.5. The van der Waals surface area contributed by atoms with E-state index in [1.54, 1.807) is 18.2 Å². The average Bonchev–Trinajstić information content (AvgIpc) is 2.40. The summed E-state index contributed by atoms with van der Waals surface area (Å²) < 4.78 is 10.7. The van der Waals surface area contributed by atoms with E-state index >= 15 is 0 Å². The molecule has 1 atom stereocenters. The van der Waals surface area contributed by atoms with E-state index < -0.39 is 5.97 Å². The highest BCUT2D eigenvalue weighted by Crippen LogP contribution is 2.24. The number of hydrogen-bond acceptors (Lipinski definition) is 4. The zero-order chi connectivity index (χ0) is 13.0. The van der Waals surface area contributed by atoms with Crippen LogP contribution in [-0.4, -0.2) is 25.3 Å². The number of benzene rings is 1. The van der Waals surface area contributed by atoms with Crippen LogP contribution in [-0.2, 0) is 9.47 Å². The number of halogens is 1. The second kappa shape index (κ2) is 6.07. The highest BCUT2D eigenvalue weighted by molar-refractivity contribution is 6.36. The fraction of sp³-hybridized carbons (Fsp3) is 0.462. The van der Waals surface area contributed by atoms with Gasteiger partial charge in [0.2, 0.25) is 0 Å². The molecule has 1 aromatic rings. The van der Waals surface area contributed by atoms with Gasteiger partial charge in [-0.05, 0) is 31.4 Å². The molecule has 18 heavy (non-hydrogen) atoms. The summed E-state index contributed by atoms with van der Waals surface area (Å²) in [5.74, 6) is -0.457. The maximum atomic E-state index is 11.8. The Kier molecular flexibility index (Phi) is 4.44. The van der Waals surface area contributed by atoms with Gasteiger partial charge in [-0.3, -0.25) is 0 Å². The quantitative estimate of drug-likeness (QED) is 0.677. The van der Waals surface area contributed by atoms with Gasteiger partial charge < -0.3 is 15.2 Å². The molecular weight excluding hydrogens is 254 g/mol. The third-order valence-electron chi connectivity index (χ3n) is 2.92. The predicted octanol–water partition coefficient (Wildman–Crippen LogP) is 2.65. The summed E-state index contributed by atoms with van der Waals surface area (Å²) in [5.41, 5.74) is 6.31. The Morgan fingerprint density at radius 3 is 3.06 bits per heavy atom. The standard InChI is InChI=1S/C13H16ClNO3/c14-12-10(5-3-6-11(12)15)13(16)18-8-9-4-1-2-7-17-9/h3,5-6,9H,1-2,4,7-8,15H2. The Labute approximate surface area is 111 Å². The van der Waals surface area contributed by atoms with E-state index in [2.05, 4.69) is 0 Å². The smallest absolute Gasteiger partial charge is 0.339 e. The molecule has 0 saturated carbocycles. The Bertz CT molecular complexity index is 430. The molecule has 1 fully saturated rings. The minimum atomic E-state index is -0.457. The minimum absolute atomic E-state index is 0.00235. The molecule has 2 N–H and O–H groups in total. The van der Waals surface area contributed by atoms with Crippen molar-refractivity contribution in [2.75, 3.05) is 18.9 Å². The maximum Gasteiger partial charge on any atom is 0.339 e. The molecule has 0 radical (unpaired) electrons. The third-order valence-corrected chi connectivity index (χ3v) is 3.34. The van der Waals surface area contributed by atoms with Gasteiger partial charge in [0, 0.05) is 6.61 Å². The summed E-state index contributed by atoms with van der Waals surface area (Å²) in [5, 5.41) is 0.243. The Morgan fingerprint density at radius 1 is 1.50 bits per heavy atom. The van der Waals surface area contributed by atoms with Crippen molar-refractivity contribution >= 4 is 23.3 Å². The van der Waals surface area contributed by atoms with E-state index in [4.69, 9.17) is 26.8 Å². The molecule has 5 heteroatoms. The van der Waals surface area contributed by atoms with Gasteiger partial charge in [-0.1, -0.05) is 17.7 Å². The summed E-state index contributed by atoms with van der Waals surface area (Å²) in [6.07, 6.45) is 3.12. The highest BCUT2D eigenvalue weighted by atomic mass is 35.5. The second-order valence-electron chi connectivity index (χ2n) is 4.30. The van der Waals surface area contributed by atoms with Crippen molar-refractivity contribution in [3.05, 3.63) is 28.8 Å². The van der Waals surface area contributed by atoms with E-state index in [9.17, 15) is 4.79 Å². The van der Waals surface area contributed by atoms with E-state index in [-0.39, 0.29) is 17.7 Å². The first-order valence-electron chi connectivity index (χ1n) is 6.01. The number of nitrogens with two attached hydrogens (primary N) is 1. The lowest BCUT2D eigenvalue weighted by molar-refractivity contribution is -0.0300. The van der Waals surface area contributed by atoms with Crippen LogP contribution < -0.4 is 5.73 Å². The summed E-state index contributed by atoms with van der Waals surface area (Å²) in [4.78, 5) is 11.8. The van der Waals surface area contributed by atoms with E-state index in [1.807, 2.05) is 0 Å². The molecule has 0 amide bonds. The largest absolute Gasteiger partial charge is 0.459 e. The van der Waals surface area contributed by atoms with Crippen molar-refractivity contribution < 1.29 is 14.3 Å². The number of carbonyl (C=O) groups excluding carboxylic acids is 1. The zero-order valence-corrected chi connectivity index (χ0v) is 10.8. The minimum Gasteiger partial charge on any atom is -0.459 e. The number of rotatable bonds is 3. The first kappa shape index (κ1) is 13.2. The molecule has 1 aromatic carbocycles. The Balaban J connectivity index is 1.93. The molecule has 1 aliphatic heterocycles. The third kappa shape index (κ3) is 3.15. The van der Waals surface area contributed by atoms with Crippen LogP contribution in [0.25, 0.3) is 0 Å². The molecule has 2 rings (SSSR count). The summed E-state index contributed by atoms with van der Waals surface area (Å²) in [7, 11) is 0. The fourth-order valence-corrected chi connectivity index (χ4v) is 2.10. The molecule has 1 saturated heterocycles. The lowest BCUT2D eigenvalue weighted by Crippen LogP contribution is -2.26. The lowest BCUT2D eigenvalue weighted by atomic mass is 10.1. The Morgan fingerprint density at radius 2 is 2.33 bits per heavy atom. The average molecular weight is 270 g/mol. The van der Waals surface area contributed by atoms with Crippen LogP contribution in [0.5, 0.6) is 0 Å². The molecule has 1 heterocycles. The number of ether oxygens (including phenoxy) is 2. The number of nitrogen functional groups attached to an aromatic ring is 1. The molecule has 0 aromatic heterocycles. The van der Waals surface area contributed by atoms with Crippen molar-refractivity contribution in [2.24, 2.45) is 0 Å². The van der Waals surface area contributed by atoms with Gasteiger partial charge in [0.25, 0.3) is 0 Å². The molecular formula is C13H16ClNO3. The molecule has 98 valence electrons. The van der Waals surface area contributed by atoms with Crippen LogP contribution in [0.4, 0.5) is 5.69 Å². The number of carbonyl (C=O) groups is 1. The zero-order valence-electron chi connectivity index (χ0n) is 10.0. The highest BCUT2D eigenvalue weighted by Gasteiger charge is 2.18. The van der Waals surface area contributed by atoms with E-state index in [0.717, 1.165) is 25.9 Å². The van der Waals surface area contributed by atoms with Crippen LogP contribution in [0.1, 0.15) is 29.6 Å². The van der Waals surface area contributed by atoms with Crippen LogP contribution in [0, 0.1) is 0 Å². The van der Waals surface area contributed by atoms with Crippen molar-refractivity contribution in [3.8, 4) is 0 Å². The van der Waals surface area contributed by atoms with Crippen molar-refractivity contribution in [1.82, 2.24) is 0 Å². The maximum absolute atomic E-state index is 11.8. The summed E-state index contributed by atoms with van der Waals surface area (Å²) >= 11 is 5.95. The first-order chi connectivity index (χ1) is 8.68. The van der Waals surface area contributed by atoms with Crippen LogP contribution >= 0.6 is 11.6 Å². The van der Waals surface area contributed by atoms with Gasteiger partial charge >= 0.3 is 5.97 Å². The Hall–Kier alpha value is -1.26. The second-order valence-corrected chi connectivity index (χ2v) is 4.67. The van der Waals surface area contributed by atoms with Gasteiger partial charge in [-0.15, -0.1) is 0 Å². The van der Waals surface area contributed by atoms with Crippen molar-refractivity contribution in [1.29, 1.82) is 0 Å². The monoisotopic (exact) mass is 269 g/mol. The summed E-state index contributed by atoms with van der Waals surface area (Å²) in [6.45, 7) is 1.01. The SMILES string of the molecule is Nc1cccc(C(=O)OCC2CCCCO2)c1Cl. The predicted molar refractivity (Wildman–Crippen MR) is 69.7 cm³/mol. The van der Waals surface area contributed by atoms with Crippen molar-refractivity contribution in [2.45, 2.75) is 25.4 Å². The van der Waals surface area contributed by atoms with Gasteiger partial charge in [-0.2, -0.15) is 0 Å². The molecule has 0 aliphatic carbocycles. The number of hydrogen-bond donors (Lipinski definition) is 1. The number of esters is 1. The van der Waals surface area contributed by atoms with Gasteiger partial charge in [-0.25, -0.2) is 4.79 Å². The lowest BCUT2D eigenvalue weighted by Gasteiger charge is -2.22. The summed E-state index contributed by atoms with van der Waals surface area (Å²) in [6, 6.07) is 4.92. The van der Waals surface area contributed by atoms with Crippen LogP contribution in [0.15, 0.2) is 18.2 Å². The molecule has 0 spiro atoms. The fourth-order valence-electron chi connectivity index (χ4n) is 1.89. The topological polar surface area (TPSA) is 61.6 Å². The number of anilines is 1. The van der Waals surface area contributed by atoms with E-state index in [0.29, 0.717) is 11.3 Å². The van der Waals surface area contributed by atoms with Crippen LogP contribution in [0.3, 0.4) is 0 Å². The van der Waals surface area contributed by atoms with Crippen LogP contribution in [0.2, 0.25) is 5.02 Å². The van der Waals surface area contributed by atoms with Gasteiger partial charge in [0.05, 0.1) is 22.4 Å². The van der Waals surface area contributed by atoms with Gasteiger partial charge in [0.15, 0.2) is 0 Å². The van der Waals surface area contributed by atoms with E-state index in [1.165, 1.54) is 0 Å². The first-order valence-corrected chi connectivity index (χ1v) is 6.39.